The first-order chi connectivity index (χ1) is 9.61. The highest BCUT2D eigenvalue weighted by atomic mass is 16.3. The summed E-state index contributed by atoms with van der Waals surface area (Å²) >= 11 is 0. The van der Waals surface area contributed by atoms with Gasteiger partial charge in [-0.05, 0) is 32.9 Å². The first-order valence-corrected chi connectivity index (χ1v) is 6.91. The van der Waals surface area contributed by atoms with Gasteiger partial charge in [0.15, 0.2) is 0 Å². The quantitative estimate of drug-likeness (QED) is 0.847. The number of furan rings is 1. The van der Waals surface area contributed by atoms with Crippen molar-refractivity contribution in [2.75, 3.05) is 20.1 Å². The molecule has 6 heteroatoms. The molecule has 1 aromatic rings. The molecule has 2 atom stereocenters. The first-order valence-electron chi connectivity index (χ1n) is 6.91. The number of hydrogen-bond acceptors (Lipinski definition) is 4. The largest absolute Gasteiger partial charge is 0.472 e. The lowest BCUT2D eigenvalue weighted by atomic mass is 10.1. The number of nitrogens with zero attached hydrogens (tertiary/aromatic N) is 1. The molecule has 6 nitrogen and oxygen atoms in total. The van der Waals surface area contributed by atoms with E-state index in [-0.39, 0.29) is 11.8 Å². The van der Waals surface area contributed by atoms with Crippen LogP contribution >= 0.6 is 0 Å². The average molecular weight is 279 g/mol. The standard InChI is InChI=1S/C14H21N3O3/c1-10(16-13(18)11-5-7-20-9-11)14(19)17-6-3-4-12(8-17)15-2/h5,7,9-10,12,15H,3-4,6,8H2,1-2H3,(H,16,18). The summed E-state index contributed by atoms with van der Waals surface area (Å²) in [5.41, 5.74) is 0.427. The van der Waals surface area contributed by atoms with Crippen LogP contribution in [0.15, 0.2) is 23.0 Å². The molecule has 20 heavy (non-hydrogen) atoms. The van der Waals surface area contributed by atoms with Crippen LogP contribution in [0.3, 0.4) is 0 Å². The molecule has 0 aromatic carbocycles. The Labute approximate surface area is 118 Å². The molecular weight excluding hydrogens is 258 g/mol. The van der Waals surface area contributed by atoms with Crippen LogP contribution in [0.1, 0.15) is 30.1 Å². The molecule has 0 bridgehead atoms. The van der Waals surface area contributed by atoms with Gasteiger partial charge in [0.1, 0.15) is 12.3 Å². The smallest absolute Gasteiger partial charge is 0.255 e. The summed E-state index contributed by atoms with van der Waals surface area (Å²) in [5, 5.41) is 5.90. The van der Waals surface area contributed by atoms with Gasteiger partial charge in [0.05, 0.1) is 11.8 Å². The number of rotatable bonds is 4. The van der Waals surface area contributed by atoms with Crippen molar-refractivity contribution in [3.63, 3.8) is 0 Å². The molecule has 0 aliphatic carbocycles. The van der Waals surface area contributed by atoms with Gasteiger partial charge in [-0.1, -0.05) is 0 Å². The molecule has 1 aliphatic rings. The van der Waals surface area contributed by atoms with E-state index in [4.69, 9.17) is 4.42 Å². The topological polar surface area (TPSA) is 74.6 Å². The SMILES string of the molecule is CNC1CCCN(C(=O)C(C)NC(=O)c2ccoc2)C1. The van der Waals surface area contributed by atoms with Gasteiger partial charge in [-0.15, -0.1) is 0 Å². The minimum Gasteiger partial charge on any atom is -0.472 e. The first kappa shape index (κ1) is 14.6. The fraction of sp³-hybridized carbons (Fsp3) is 0.571. The fourth-order valence-electron chi connectivity index (χ4n) is 2.42. The lowest BCUT2D eigenvalue weighted by molar-refractivity contribution is -0.134. The highest BCUT2D eigenvalue weighted by Crippen LogP contribution is 2.11. The lowest BCUT2D eigenvalue weighted by Gasteiger charge is -2.34. The summed E-state index contributed by atoms with van der Waals surface area (Å²) in [4.78, 5) is 26.0. The summed E-state index contributed by atoms with van der Waals surface area (Å²) in [7, 11) is 1.91. The van der Waals surface area contributed by atoms with E-state index in [2.05, 4.69) is 10.6 Å². The molecular formula is C14H21N3O3. The molecule has 0 saturated carbocycles. The van der Waals surface area contributed by atoms with Crippen LogP contribution in [0, 0.1) is 0 Å². The van der Waals surface area contributed by atoms with E-state index in [1.54, 1.807) is 13.0 Å². The molecule has 1 aromatic heterocycles. The summed E-state index contributed by atoms with van der Waals surface area (Å²) in [5.74, 6) is -0.330. The Morgan fingerprint density at radius 1 is 1.50 bits per heavy atom. The van der Waals surface area contributed by atoms with Gasteiger partial charge < -0.3 is 20.0 Å². The van der Waals surface area contributed by atoms with E-state index in [1.807, 2.05) is 11.9 Å². The normalized spacial score (nSPS) is 20.5. The van der Waals surface area contributed by atoms with Gasteiger partial charge in [0.25, 0.3) is 5.91 Å². The minimum absolute atomic E-state index is 0.0400. The van der Waals surface area contributed by atoms with E-state index in [0.29, 0.717) is 18.2 Å². The Kier molecular flexibility index (Phi) is 4.79. The zero-order chi connectivity index (χ0) is 14.5. The van der Waals surface area contributed by atoms with Gasteiger partial charge in [0.2, 0.25) is 5.91 Å². The molecule has 2 heterocycles. The maximum absolute atomic E-state index is 12.3. The predicted octanol–water partition coefficient (Wildman–Crippen LogP) is 0.608. The number of piperidine rings is 1. The second kappa shape index (κ2) is 6.56. The molecule has 2 N–H and O–H groups in total. The van der Waals surface area contributed by atoms with Crippen molar-refractivity contribution in [1.82, 2.24) is 15.5 Å². The van der Waals surface area contributed by atoms with Gasteiger partial charge >= 0.3 is 0 Å². The lowest BCUT2D eigenvalue weighted by Crippen LogP contribution is -2.53. The minimum atomic E-state index is -0.534. The molecule has 0 radical (unpaired) electrons. The molecule has 2 unspecified atom stereocenters. The van der Waals surface area contributed by atoms with Crippen molar-refractivity contribution in [2.24, 2.45) is 0 Å². The fourth-order valence-corrected chi connectivity index (χ4v) is 2.42. The van der Waals surface area contributed by atoms with Crippen LogP contribution in [0.25, 0.3) is 0 Å². The van der Waals surface area contributed by atoms with Crippen LogP contribution < -0.4 is 10.6 Å². The third-order valence-corrected chi connectivity index (χ3v) is 3.64. The predicted molar refractivity (Wildman–Crippen MR) is 74.3 cm³/mol. The average Bonchev–Trinajstić information content (AvgIpc) is 3.00. The Bertz CT molecular complexity index is 458. The van der Waals surface area contributed by atoms with Crippen molar-refractivity contribution >= 4 is 11.8 Å². The maximum atomic E-state index is 12.3. The molecule has 1 fully saturated rings. The zero-order valence-electron chi connectivity index (χ0n) is 11.9. The van der Waals surface area contributed by atoms with Crippen LogP contribution in [0.5, 0.6) is 0 Å². The number of likely N-dealkylation sites (tertiary alicyclic amines) is 1. The molecule has 1 saturated heterocycles. The van der Waals surface area contributed by atoms with Crippen LogP contribution in [-0.4, -0.2) is 48.9 Å². The van der Waals surface area contributed by atoms with Crippen molar-refractivity contribution in [2.45, 2.75) is 31.8 Å². The number of hydrogen-bond donors (Lipinski definition) is 2. The highest BCUT2D eigenvalue weighted by Gasteiger charge is 2.27. The van der Waals surface area contributed by atoms with Gasteiger partial charge in [-0.3, -0.25) is 9.59 Å². The number of carbonyl (C=O) groups excluding carboxylic acids is 2. The Hall–Kier alpha value is -1.82. The third kappa shape index (κ3) is 3.39. The van der Waals surface area contributed by atoms with E-state index < -0.39 is 6.04 Å². The van der Waals surface area contributed by atoms with Gasteiger partial charge in [-0.25, -0.2) is 0 Å². The van der Waals surface area contributed by atoms with Crippen molar-refractivity contribution in [3.8, 4) is 0 Å². The van der Waals surface area contributed by atoms with E-state index in [1.165, 1.54) is 12.5 Å². The van der Waals surface area contributed by atoms with Crippen molar-refractivity contribution < 1.29 is 14.0 Å². The number of amides is 2. The third-order valence-electron chi connectivity index (χ3n) is 3.64. The zero-order valence-corrected chi connectivity index (χ0v) is 11.9. The Morgan fingerprint density at radius 3 is 2.95 bits per heavy atom. The van der Waals surface area contributed by atoms with E-state index in [0.717, 1.165) is 19.4 Å². The highest BCUT2D eigenvalue weighted by molar-refractivity contribution is 5.97. The molecule has 0 spiro atoms. The van der Waals surface area contributed by atoms with Gasteiger partial charge in [-0.2, -0.15) is 0 Å². The number of nitrogens with one attached hydrogen (secondary N) is 2. The Morgan fingerprint density at radius 2 is 2.30 bits per heavy atom. The van der Waals surface area contributed by atoms with Gasteiger partial charge in [0, 0.05) is 19.1 Å². The molecule has 110 valence electrons. The van der Waals surface area contributed by atoms with Crippen LogP contribution in [0.4, 0.5) is 0 Å². The summed E-state index contributed by atoms with van der Waals surface area (Å²) in [6.45, 7) is 3.16. The van der Waals surface area contributed by atoms with Crippen LogP contribution in [-0.2, 0) is 4.79 Å². The second-order valence-electron chi connectivity index (χ2n) is 5.12. The second-order valence-corrected chi connectivity index (χ2v) is 5.12. The van der Waals surface area contributed by atoms with Crippen molar-refractivity contribution in [3.05, 3.63) is 24.2 Å². The number of likely N-dealkylation sites (N-methyl/N-ethyl adjacent to an activating group) is 1. The van der Waals surface area contributed by atoms with E-state index >= 15 is 0 Å². The van der Waals surface area contributed by atoms with E-state index in [9.17, 15) is 9.59 Å². The summed E-state index contributed by atoms with van der Waals surface area (Å²) < 4.78 is 4.86. The van der Waals surface area contributed by atoms with Crippen molar-refractivity contribution in [1.29, 1.82) is 0 Å². The molecule has 2 amide bonds. The molecule has 2 rings (SSSR count). The van der Waals surface area contributed by atoms with Crippen LogP contribution in [0.2, 0.25) is 0 Å². The Balaban J connectivity index is 1.90. The monoisotopic (exact) mass is 279 g/mol. The summed E-state index contributed by atoms with van der Waals surface area (Å²) in [6, 6.07) is 1.38. The summed E-state index contributed by atoms with van der Waals surface area (Å²) in [6.07, 6.45) is 4.86. The molecule has 1 aliphatic heterocycles. The maximum Gasteiger partial charge on any atom is 0.255 e. The number of carbonyl (C=O) groups is 2.